The molecule has 11 atom stereocenters. The molecule has 0 unspecified atom stereocenters. The van der Waals surface area contributed by atoms with Crippen LogP contribution < -0.4 is 70.8 Å². The van der Waals surface area contributed by atoms with Crippen LogP contribution in [0.15, 0.2) is 60.8 Å². The Balaban J connectivity index is 1.78. The third kappa shape index (κ3) is 22.1. The van der Waals surface area contributed by atoms with Gasteiger partial charge in [-0.1, -0.05) is 48.5 Å². The molecule has 0 bridgehead atoms. The van der Waals surface area contributed by atoms with Crippen molar-refractivity contribution in [3.8, 4) is 0 Å². The number of hydrogen-bond acceptors (Lipinski definition) is 18. The number of aromatic amines is 1. The van der Waals surface area contributed by atoms with Crippen LogP contribution in [-0.4, -0.2) is 193 Å². The van der Waals surface area contributed by atoms with Crippen LogP contribution in [0.4, 0.5) is 0 Å². The number of aliphatic carboxylic acids is 2. The average molecular weight is 1170 g/mol. The van der Waals surface area contributed by atoms with E-state index in [0.717, 1.165) is 24.8 Å². The summed E-state index contributed by atoms with van der Waals surface area (Å²) >= 11 is 0. The fourth-order valence-electron chi connectivity index (χ4n) is 7.79. The van der Waals surface area contributed by atoms with Crippen LogP contribution in [0.5, 0.6) is 0 Å². The van der Waals surface area contributed by atoms with Crippen molar-refractivity contribution >= 4 is 93.7 Å². The number of rotatable bonds is 35. The van der Waals surface area contributed by atoms with E-state index in [1.54, 1.807) is 60.8 Å². The summed E-state index contributed by atoms with van der Waals surface area (Å²) in [6.45, 7) is -0.323. The molecule has 12 amide bonds. The van der Waals surface area contributed by atoms with Gasteiger partial charge in [-0.25, -0.2) is 4.79 Å². The number of carbonyl (C=O) groups excluding carboxylic acids is 12. The molecule has 0 aliphatic carbocycles. The number of fused-ring (bicyclic) bond motifs is 1. The van der Waals surface area contributed by atoms with Gasteiger partial charge in [0.05, 0.1) is 44.6 Å². The van der Waals surface area contributed by atoms with Crippen LogP contribution in [0, 0.1) is 0 Å². The van der Waals surface area contributed by atoms with Crippen LogP contribution in [0.1, 0.15) is 57.1 Å². The summed E-state index contributed by atoms with van der Waals surface area (Å²) in [5, 5.41) is 69.5. The molecule has 452 valence electrons. The second-order valence-corrected chi connectivity index (χ2v) is 18.9. The minimum atomic E-state index is -2.00. The van der Waals surface area contributed by atoms with Gasteiger partial charge in [0.2, 0.25) is 70.9 Å². The maximum atomic E-state index is 14.1. The van der Waals surface area contributed by atoms with Crippen molar-refractivity contribution < 1.29 is 92.7 Å². The molecule has 0 saturated heterocycles. The number of H-pyrrole nitrogens is 1. The van der Waals surface area contributed by atoms with E-state index in [9.17, 15) is 92.7 Å². The largest absolute Gasteiger partial charge is 0.481 e. The monoisotopic (exact) mass is 1170 g/mol. The SMILES string of the molecule is C[C@H](NC(=O)[C@H](CC(=O)O)NC(=O)[C@H](CC(N)=O)NC(=O)[C@@H](N)Cc1c[nH]c2ccccc12)C(=O)N[C@@H](Cc1ccccc1)C(=O)N[C@@H](CCC(N)=O)C(=O)N[C@@H](CO)C(=O)N[C@@H](CO)C(=O)N[C@H](C(=O)N[C@@H](CC(N)=O)C(=O)O)[C@@H](C)O. The Kier molecular flexibility index (Phi) is 26.6. The number of nitrogens with two attached hydrogens (primary N) is 4. The van der Waals surface area contributed by atoms with Crippen molar-refractivity contribution in [3.63, 3.8) is 0 Å². The first kappa shape index (κ1) is 67.7. The smallest absolute Gasteiger partial charge is 0.326 e. The molecule has 0 spiro atoms. The minimum Gasteiger partial charge on any atom is -0.481 e. The lowest BCUT2D eigenvalue weighted by Gasteiger charge is -2.27. The molecule has 0 aliphatic rings. The van der Waals surface area contributed by atoms with Gasteiger partial charge in [-0.2, -0.15) is 0 Å². The van der Waals surface area contributed by atoms with E-state index in [-0.39, 0.29) is 12.8 Å². The average Bonchev–Trinajstić information content (AvgIpc) is 3.96. The number of aliphatic hydroxyl groups is 3. The Labute approximate surface area is 471 Å². The summed E-state index contributed by atoms with van der Waals surface area (Å²) in [6.07, 6.45) is -4.43. The van der Waals surface area contributed by atoms with Gasteiger partial charge in [0, 0.05) is 29.9 Å². The number of hydrogen-bond donors (Lipinski definition) is 19. The number of primary amides is 3. The Morgan fingerprint density at radius 2 is 0.952 bits per heavy atom. The number of nitrogens with one attached hydrogen (secondary N) is 10. The van der Waals surface area contributed by atoms with E-state index < -0.39 is 195 Å². The van der Waals surface area contributed by atoms with Gasteiger partial charge >= 0.3 is 11.9 Å². The lowest BCUT2D eigenvalue weighted by molar-refractivity contribution is -0.144. The van der Waals surface area contributed by atoms with Crippen molar-refractivity contribution in [2.75, 3.05) is 13.2 Å². The molecule has 33 heteroatoms. The molecule has 1 aromatic heterocycles. The quantitative estimate of drug-likeness (QED) is 0.0260. The van der Waals surface area contributed by atoms with E-state index >= 15 is 0 Å². The Bertz CT molecular complexity index is 2870. The molecule has 83 heavy (non-hydrogen) atoms. The number of amides is 12. The highest BCUT2D eigenvalue weighted by molar-refractivity contribution is 6.00. The summed E-state index contributed by atoms with van der Waals surface area (Å²) in [5.41, 5.74) is 23.7. The standard InChI is InChI=1S/C50H68N14O19/c1-22(56-44(76)32(18-39(71)72)60-46(78)31(16-37(53)69)59-42(74)27(51)15-25-19-55-28-11-7-6-10-26(25)28)41(73)58-30(14-24-8-4-3-5-9-24)45(77)57-29(12-13-36(52)68)43(75)62-34(20-65)47(79)63-35(21-66)48(80)64-40(23(2)67)49(81)61-33(50(82)83)17-38(54)70/h3-11,19,22-23,27,29-35,40,55,65-67H,12-18,20-21,51H2,1-2H3,(H2,52,68)(H2,53,69)(H2,54,70)(H,56,76)(H,57,77)(H,58,73)(H,59,74)(H,60,78)(H,61,81)(H,62,75)(H,63,79)(H,64,80)(H,71,72)(H,82,83)/t22-,23+,27-,29-,30-,31-,32-,33-,34-,35-,40-/m0/s1. The van der Waals surface area contributed by atoms with E-state index in [4.69, 9.17) is 22.9 Å². The predicted molar refractivity (Wildman–Crippen MR) is 285 cm³/mol. The predicted octanol–water partition coefficient (Wildman–Crippen LogP) is -8.40. The van der Waals surface area contributed by atoms with Gasteiger partial charge < -0.3 is 101 Å². The lowest BCUT2D eigenvalue weighted by atomic mass is 10.0. The van der Waals surface area contributed by atoms with Crippen LogP contribution in [-0.2, 0) is 80.0 Å². The highest BCUT2D eigenvalue weighted by atomic mass is 16.4. The maximum absolute atomic E-state index is 14.1. The van der Waals surface area contributed by atoms with Gasteiger partial charge in [0.15, 0.2) is 0 Å². The van der Waals surface area contributed by atoms with Crippen LogP contribution >= 0.6 is 0 Å². The number of aromatic nitrogens is 1. The summed E-state index contributed by atoms with van der Waals surface area (Å²) in [6, 6.07) is -2.92. The van der Waals surface area contributed by atoms with Gasteiger partial charge in [0.25, 0.3) is 0 Å². The van der Waals surface area contributed by atoms with Gasteiger partial charge in [-0.15, -0.1) is 0 Å². The Morgan fingerprint density at radius 1 is 0.494 bits per heavy atom. The van der Waals surface area contributed by atoms with E-state index in [2.05, 4.69) is 36.9 Å². The highest BCUT2D eigenvalue weighted by Crippen LogP contribution is 2.19. The van der Waals surface area contributed by atoms with Gasteiger partial charge in [0.1, 0.15) is 54.4 Å². The first-order valence-corrected chi connectivity index (χ1v) is 25.3. The van der Waals surface area contributed by atoms with Crippen LogP contribution in [0.2, 0.25) is 0 Å². The number of para-hydroxylation sites is 1. The van der Waals surface area contributed by atoms with Crippen molar-refractivity contribution in [1.82, 2.24) is 52.8 Å². The van der Waals surface area contributed by atoms with E-state index in [1.807, 2.05) is 16.0 Å². The zero-order valence-corrected chi connectivity index (χ0v) is 44.7. The summed E-state index contributed by atoms with van der Waals surface area (Å²) in [5.74, 6) is -17.5. The summed E-state index contributed by atoms with van der Waals surface area (Å²) in [7, 11) is 0. The highest BCUT2D eigenvalue weighted by Gasteiger charge is 2.37. The van der Waals surface area contributed by atoms with Crippen LogP contribution in [0.3, 0.4) is 0 Å². The van der Waals surface area contributed by atoms with Crippen molar-refractivity contribution in [2.24, 2.45) is 22.9 Å². The number of benzene rings is 2. The third-order valence-corrected chi connectivity index (χ3v) is 12.2. The van der Waals surface area contributed by atoms with Gasteiger partial charge in [-0.3, -0.25) is 62.3 Å². The van der Waals surface area contributed by atoms with Crippen molar-refractivity contribution in [3.05, 3.63) is 71.9 Å². The van der Waals surface area contributed by atoms with E-state index in [0.29, 0.717) is 11.1 Å². The lowest BCUT2D eigenvalue weighted by Crippen LogP contribution is -2.62. The molecule has 23 N–H and O–H groups in total. The molecular weight excluding hydrogens is 1100 g/mol. The number of aliphatic hydroxyl groups excluding tert-OH is 3. The molecule has 33 nitrogen and oxygen atoms in total. The molecule has 2 aromatic carbocycles. The van der Waals surface area contributed by atoms with Gasteiger partial charge in [-0.05, 0) is 43.9 Å². The molecular formula is C50H68N14O19. The fourth-order valence-corrected chi connectivity index (χ4v) is 7.79. The number of carboxylic acid groups (broad SMARTS) is 2. The molecule has 0 radical (unpaired) electrons. The maximum Gasteiger partial charge on any atom is 0.326 e. The molecule has 1 heterocycles. The number of carboxylic acids is 2. The molecule has 3 aromatic rings. The Morgan fingerprint density at radius 3 is 1.51 bits per heavy atom. The second kappa shape index (κ2) is 32.6. The zero-order valence-electron chi connectivity index (χ0n) is 44.7. The summed E-state index contributed by atoms with van der Waals surface area (Å²) < 4.78 is 0. The second-order valence-electron chi connectivity index (χ2n) is 18.9. The van der Waals surface area contributed by atoms with E-state index in [1.165, 1.54) is 0 Å². The Hall–Kier alpha value is -9.60. The first-order chi connectivity index (χ1) is 39.0. The molecule has 0 aliphatic heterocycles. The third-order valence-electron chi connectivity index (χ3n) is 12.2. The first-order valence-electron chi connectivity index (χ1n) is 25.3. The topological polar surface area (TPSA) is 568 Å². The normalized spacial score (nSPS) is 15.0. The summed E-state index contributed by atoms with van der Waals surface area (Å²) in [4.78, 5) is 183. The molecule has 0 fully saturated rings. The molecule has 3 rings (SSSR count). The van der Waals surface area contributed by atoms with Crippen molar-refractivity contribution in [1.29, 1.82) is 0 Å². The fraction of sp³-hybridized carbons (Fsp3) is 0.440. The van der Waals surface area contributed by atoms with Crippen LogP contribution in [0.25, 0.3) is 10.9 Å². The minimum absolute atomic E-state index is 0.0276. The zero-order chi connectivity index (χ0) is 62.2. The van der Waals surface area contributed by atoms with Crippen molar-refractivity contribution in [2.45, 2.75) is 125 Å². The molecule has 0 saturated carbocycles. The number of carbonyl (C=O) groups is 14.